The summed E-state index contributed by atoms with van der Waals surface area (Å²) in [5.74, 6) is 0.172. The summed E-state index contributed by atoms with van der Waals surface area (Å²) in [4.78, 5) is 13.7. The molecule has 0 bridgehead atoms. The van der Waals surface area contributed by atoms with E-state index in [1.807, 2.05) is 25.4 Å². The number of rotatable bonds is 6. The summed E-state index contributed by atoms with van der Waals surface area (Å²) in [7, 11) is 1.84. The van der Waals surface area contributed by atoms with Crippen molar-refractivity contribution in [1.29, 1.82) is 0 Å². The third-order valence-electron chi connectivity index (χ3n) is 3.37. The number of nitrogens with zero attached hydrogens (tertiary/aromatic N) is 2. The molecule has 0 atom stereocenters. The molecular formula is C15H21N3O. The number of fused-ring (bicyclic) bond motifs is 1. The van der Waals surface area contributed by atoms with Gasteiger partial charge in [-0.15, -0.1) is 0 Å². The van der Waals surface area contributed by atoms with Crippen LogP contribution in [-0.4, -0.2) is 35.5 Å². The summed E-state index contributed by atoms with van der Waals surface area (Å²) in [5.41, 5.74) is 6.63. The number of hydrogen-bond acceptors (Lipinski definition) is 2. The Bertz CT molecular complexity index is 547. The lowest BCUT2D eigenvalue weighted by atomic mass is 10.2. The van der Waals surface area contributed by atoms with E-state index in [1.54, 1.807) is 4.90 Å². The second-order valence-corrected chi connectivity index (χ2v) is 4.78. The van der Waals surface area contributed by atoms with Crippen molar-refractivity contribution < 1.29 is 4.79 Å². The molecule has 0 aliphatic heterocycles. The molecule has 0 aliphatic rings. The highest BCUT2D eigenvalue weighted by Crippen LogP contribution is 2.15. The van der Waals surface area contributed by atoms with Crippen LogP contribution in [0.4, 0.5) is 0 Å². The number of amides is 1. The van der Waals surface area contributed by atoms with E-state index in [0.717, 1.165) is 19.5 Å². The zero-order chi connectivity index (χ0) is 13.7. The first-order valence-corrected chi connectivity index (χ1v) is 6.70. The monoisotopic (exact) mass is 259 g/mol. The van der Waals surface area contributed by atoms with Crippen molar-refractivity contribution in [2.75, 3.05) is 20.1 Å². The van der Waals surface area contributed by atoms with Crippen molar-refractivity contribution in [1.82, 2.24) is 9.47 Å². The van der Waals surface area contributed by atoms with Crippen LogP contribution in [0.3, 0.4) is 0 Å². The lowest BCUT2D eigenvalue weighted by Crippen LogP contribution is -2.29. The van der Waals surface area contributed by atoms with Crippen LogP contribution in [0.15, 0.2) is 36.5 Å². The molecule has 0 fully saturated rings. The zero-order valence-electron chi connectivity index (χ0n) is 11.4. The van der Waals surface area contributed by atoms with Crippen LogP contribution in [0.2, 0.25) is 0 Å². The molecule has 1 aromatic carbocycles. The van der Waals surface area contributed by atoms with Gasteiger partial charge in [0.15, 0.2) is 0 Å². The average molecular weight is 259 g/mol. The summed E-state index contributed by atoms with van der Waals surface area (Å²) in [6.45, 7) is 2.08. The number of carbonyl (C=O) groups excluding carboxylic acids is 1. The Hall–Kier alpha value is -1.81. The van der Waals surface area contributed by atoms with Gasteiger partial charge in [0.25, 0.3) is 0 Å². The Morgan fingerprint density at radius 2 is 2.11 bits per heavy atom. The Kier molecular flexibility index (Phi) is 4.58. The summed E-state index contributed by atoms with van der Waals surface area (Å²) in [6.07, 6.45) is 3.42. The smallest absolute Gasteiger partial charge is 0.224 e. The second kappa shape index (κ2) is 6.38. The lowest BCUT2D eigenvalue weighted by molar-refractivity contribution is -0.130. The fourth-order valence-corrected chi connectivity index (χ4v) is 2.20. The molecule has 0 saturated heterocycles. The highest BCUT2D eigenvalue weighted by Gasteiger charge is 2.08. The maximum atomic E-state index is 12.0. The molecule has 0 unspecified atom stereocenters. The molecule has 2 aromatic rings. The molecule has 1 aromatic heterocycles. The molecule has 0 radical (unpaired) electrons. The van der Waals surface area contributed by atoms with E-state index in [0.29, 0.717) is 13.0 Å². The number of hydrogen-bond donors (Lipinski definition) is 1. The first kappa shape index (κ1) is 13.6. The third-order valence-corrected chi connectivity index (χ3v) is 3.37. The van der Waals surface area contributed by atoms with E-state index in [4.69, 9.17) is 5.73 Å². The van der Waals surface area contributed by atoms with Crippen LogP contribution in [-0.2, 0) is 11.3 Å². The number of nitrogens with two attached hydrogens (primary N) is 1. The standard InChI is InChI=1S/C15H21N3O/c1-17(10-4-9-16)15(19)8-12-18-11-7-13-5-2-3-6-14(13)18/h2-3,5-7,11H,4,8-10,12,16H2,1H3. The Labute approximate surface area is 113 Å². The van der Waals surface area contributed by atoms with Gasteiger partial charge in [0, 0.05) is 38.3 Å². The van der Waals surface area contributed by atoms with Gasteiger partial charge < -0.3 is 15.2 Å². The molecule has 0 saturated carbocycles. The van der Waals surface area contributed by atoms with E-state index in [9.17, 15) is 4.79 Å². The predicted molar refractivity (Wildman–Crippen MR) is 77.9 cm³/mol. The maximum Gasteiger partial charge on any atom is 0.224 e. The minimum absolute atomic E-state index is 0.172. The van der Waals surface area contributed by atoms with Crippen LogP contribution in [0.5, 0.6) is 0 Å². The van der Waals surface area contributed by atoms with Crippen molar-refractivity contribution in [2.24, 2.45) is 5.73 Å². The van der Waals surface area contributed by atoms with Gasteiger partial charge in [-0.1, -0.05) is 18.2 Å². The summed E-state index contributed by atoms with van der Waals surface area (Å²) < 4.78 is 2.13. The topological polar surface area (TPSA) is 51.3 Å². The minimum Gasteiger partial charge on any atom is -0.347 e. The number of para-hydroxylation sites is 1. The van der Waals surface area contributed by atoms with Crippen molar-refractivity contribution in [3.8, 4) is 0 Å². The van der Waals surface area contributed by atoms with E-state index in [1.165, 1.54) is 10.9 Å². The Balaban J connectivity index is 1.93. The van der Waals surface area contributed by atoms with Crippen LogP contribution in [0, 0.1) is 0 Å². The van der Waals surface area contributed by atoms with Crippen molar-refractivity contribution in [3.63, 3.8) is 0 Å². The Morgan fingerprint density at radius 1 is 1.32 bits per heavy atom. The van der Waals surface area contributed by atoms with Crippen molar-refractivity contribution in [3.05, 3.63) is 36.5 Å². The normalized spacial score (nSPS) is 10.8. The quantitative estimate of drug-likeness (QED) is 0.860. The third kappa shape index (κ3) is 3.35. The molecular weight excluding hydrogens is 238 g/mol. The van der Waals surface area contributed by atoms with Crippen molar-refractivity contribution >= 4 is 16.8 Å². The summed E-state index contributed by atoms with van der Waals surface area (Å²) in [6, 6.07) is 10.3. The van der Waals surface area contributed by atoms with Crippen LogP contribution >= 0.6 is 0 Å². The highest BCUT2D eigenvalue weighted by molar-refractivity contribution is 5.80. The van der Waals surface area contributed by atoms with Gasteiger partial charge in [-0.3, -0.25) is 4.79 Å². The molecule has 102 valence electrons. The number of carbonyl (C=O) groups is 1. The molecule has 2 rings (SSSR count). The predicted octanol–water partition coefficient (Wildman–Crippen LogP) is 1.84. The molecule has 4 heteroatoms. The molecule has 1 amide bonds. The number of benzene rings is 1. The van der Waals surface area contributed by atoms with Gasteiger partial charge in [-0.2, -0.15) is 0 Å². The average Bonchev–Trinajstić information content (AvgIpc) is 2.85. The first-order chi connectivity index (χ1) is 9.22. The SMILES string of the molecule is CN(CCCN)C(=O)CCn1ccc2ccccc21. The maximum absolute atomic E-state index is 12.0. The molecule has 4 nitrogen and oxygen atoms in total. The zero-order valence-corrected chi connectivity index (χ0v) is 11.4. The van der Waals surface area contributed by atoms with E-state index >= 15 is 0 Å². The van der Waals surface area contributed by atoms with Gasteiger partial charge in [-0.05, 0) is 30.5 Å². The largest absolute Gasteiger partial charge is 0.347 e. The van der Waals surface area contributed by atoms with E-state index < -0.39 is 0 Å². The fourth-order valence-electron chi connectivity index (χ4n) is 2.20. The molecule has 1 heterocycles. The van der Waals surface area contributed by atoms with E-state index in [-0.39, 0.29) is 5.91 Å². The lowest BCUT2D eigenvalue weighted by Gasteiger charge is -2.17. The molecule has 0 spiro atoms. The Morgan fingerprint density at radius 3 is 2.89 bits per heavy atom. The minimum atomic E-state index is 0.172. The summed E-state index contributed by atoms with van der Waals surface area (Å²) >= 11 is 0. The highest BCUT2D eigenvalue weighted by atomic mass is 16.2. The molecule has 19 heavy (non-hydrogen) atoms. The van der Waals surface area contributed by atoms with Crippen LogP contribution < -0.4 is 5.73 Å². The number of aromatic nitrogens is 1. The molecule has 2 N–H and O–H groups in total. The molecule has 0 aliphatic carbocycles. The van der Waals surface area contributed by atoms with Crippen LogP contribution in [0.25, 0.3) is 10.9 Å². The van der Waals surface area contributed by atoms with E-state index in [2.05, 4.69) is 22.8 Å². The van der Waals surface area contributed by atoms with Gasteiger partial charge in [-0.25, -0.2) is 0 Å². The van der Waals surface area contributed by atoms with Gasteiger partial charge >= 0.3 is 0 Å². The first-order valence-electron chi connectivity index (χ1n) is 6.70. The van der Waals surface area contributed by atoms with Crippen molar-refractivity contribution in [2.45, 2.75) is 19.4 Å². The van der Waals surface area contributed by atoms with Gasteiger partial charge in [0.1, 0.15) is 0 Å². The van der Waals surface area contributed by atoms with Gasteiger partial charge in [0.2, 0.25) is 5.91 Å². The second-order valence-electron chi connectivity index (χ2n) is 4.78. The number of aryl methyl sites for hydroxylation is 1. The fraction of sp³-hybridized carbons (Fsp3) is 0.400. The van der Waals surface area contributed by atoms with Crippen LogP contribution in [0.1, 0.15) is 12.8 Å². The summed E-state index contributed by atoms with van der Waals surface area (Å²) in [5, 5.41) is 1.21. The van der Waals surface area contributed by atoms with Gasteiger partial charge in [0.05, 0.1) is 0 Å².